The number of aromatic nitrogens is 1. The summed E-state index contributed by atoms with van der Waals surface area (Å²) < 4.78 is 0. The summed E-state index contributed by atoms with van der Waals surface area (Å²) in [6.45, 7) is 3.60. The second-order valence-electron chi connectivity index (χ2n) is 4.51. The fourth-order valence-electron chi connectivity index (χ4n) is 2.07. The second-order valence-corrected chi connectivity index (χ2v) is 4.51. The Morgan fingerprint density at radius 2 is 1.95 bits per heavy atom. The Bertz CT molecular complexity index is 598. The standard InChI is InChI=1S/C15H18N4O/c1-2-19(10-11-5-7-18-8-6-11)14-4-3-12(15(17)20)9-13(14)16/h3-9H,2,10,16H2,1H3,(H2,17,20). The number of anilines is 2. The van der Waals surface area contributed by atoms with Gasteiger partial charge in [0.25, 0.3) is 0 Å². The highest BCUT2D eigenvalue weighted by Gasteiger charge is 2.11. The second kappa shape index (κ2) is 6.06. The monoisotopic (exact) mass is 270 g/mol. The maximum absolute atomic E-state index is 11.1. The molecule has 1 aromatic heterocycles. The molecule has 1 aromatic carbocycles. The zero-order valence-corrected chi connectivity index (χ0v) is 11.4. The van der Waals surface area contributed by atoms with Crippen LogP contribution in [-0.4, -0.2) is 17.4 Å². The lowest BCUT2D eigenvalue weighted by Gasteiger charge is -2.25. The van der Waals surface area contributed by atoms with Crippen molar-refractivity contribution in [1.29, 1.82) is 0 Å². The number of nitrogen functional groups attached to an aromatic ring is 1. The third-order valence-corrected chi connectivity index (χ3v) is 3.16. The molecule has 0 saturated heterocycles. The van der Waals surface area contributed by atoms with E-state index in [0.717, 1.165) is 24.3 Å². The van der Waals surface area contributed by atoms with E-state index in [2.05, 4.69) is 16.8 Å². The number of nitrogens with two attached hydrogens (primary N) is 2. The summed E-state index contributed by atoms with van der Waals surface area (Å²) in [5, 5.41) is 0. The highest BCUT2D eigenvalue weighted by atomic mass is 16.1. The first-order chi connectivity index (χ1) is 9.61. The lowest BCUT2D eigenvalue weighted by atomic mass is 10.1. The summed E-state index contributed by atoms with van der Waals surface area (Å²) in [6.07, 6.45) is 3.53. The highest BCUT2D eigenvalue weighted by molar-refractivity contribution is 5.94. The topological polar surface area (TPSA) is 85.2 Å². The van der Waals surface area contributed by atoms with Gasteiger partial charge >= 0.3 is 0 Å². The molecular formula is C15H18N4O. The van der Waals surface area contributed by atoms with E-state index in [1.165, 1.54) is 0 Å². The van der Waals surface area contributed by atoms with Gasteiger partial charge in [-0.1, -0.05) is 0 Å². The van der Waals surface area contributed by atoms with Crippen LogP contribution in [0.25, 0.3) is 0 Å². The van der Waals surface area contributed by atoms with Crippen molar-refractivity contribution < 1.29 is 4.79 Å². The van der Waals surface area contributed by atoms with Gasteiger partial charge in [0.05, 0.1) is 11.4 Å². The number of carbonyl (C=O) groups excluding carboxylic acids is 1. The maximum Gasteiger partial charge on any atom is 0.248 e. The average molecular weight is 270 g/mol. The van der Waals surface area contributed by atoms with Crippen LogP contribution >= 0.6 is 0 Å². The molecule has 104 valence electrons. The van der Waals surface area contributed by atoms with Gasteiger partial charge in [-0.3, -0.25) is 9.78 Å². The molecule has 1 amide bonds. The third-order valence-electron chi connectivity index (χ3n) is 3.16. The van der Waals surface area contributed by atoms with Gasteiger partial charge in [-0.25, -0.2) is 0 Å². The number of carbonyl (C=O) groups is 1. The Morgan fingerprint density at radius 3 is 2.50 bits per heavy atom. The van der Waals surface area contributed by atoms with Gasteiger partial charge < -0.3 is 16.4 Å². The van der Waals surface area contributed by atoms with E-state index in [0.29, 0.717) is 11.3 Å². The SMILES string of the molecule is CCN(Cc1ccncc1)c1ccc(C(N)=O)cc1N. The molecule has 5 nitrogen and oxygen atoms in total. The molecule has 0 fully saturated rings. The zero-order valence-electron chi connectivity index (χ0n) is 11.4. The van der Waals surface area contributed by atoms with Crippen LogP contribution in [0.5, 0.6) is 0 Å². The van der Waals surface area contributed by atoms with Crippen LogP contribution in [0.1, 0.15) is 22.8 Å². The largest absolute Gasteiger partial charge is 0.397 e. The predicted molar refractivity (Wildman–Crippen MR) is 80.3 cm³/mol. The van der Waals surface area contributed by atoms with Crippen molar-refractivity contribution in [3.8, 4) is 0 Å². The van der Waals surface area contributed by atoms with Crippen LogP contribution in [-0.2, 0) is 6.54 Å². The average Bonchev–Trinajstić information content (AvgIpc) is 2.46. The Kier molecular flexibility index (Phi) is 4.20. The van der Waals surface area contributed by atoms with E-state index in [1.807, 2.05) is 18.2 Å². The van der Waals surface area contributed by atoms with E-state index >= 15 is 0 Å². The van der Waals surface area contributed by atoms with Crippen LogP contribution in [0.15, 0.2) is 42.7 Å². The lowest BCUT2D eigenvalue weighted by molar-refractivity contribution is 0.100. The Balaban J connectivity index is 2.26. The van der Waals surface area contributed by atoms with Gasteiger partial charge in [-0.05, 0) is 42.8 Å². The van der Waals surface area contributed by atoms with Crippen molar-refractivity contribution in [3.05, 3.63) is 53.9 Å². The highest BCUT2D eigenvalue weighted by Crippen LogP contribution is 2.25. The minimum absolute atomic E-state index is 0.422. The first-order valence-corrected chi connectivity index (χ1v) is 6.45. The predicted octanol–water partition coefficient (Wildman–Crippen LogP) is 1.79. The van der Waals surface area contributed by atoms with E-state index < -0.39 is 5.91 Å². The smallest absolute Gasteiger partial charge is 0.248 e. The lowest BCUT2D eigenvalue weighted by Crippen LogP contribution is -2.23. The summed E-state index contributed by atoms with van der Waals surface area (Å²) in [7, 11) is 0. The van der Waals surface area contributed by atoms with Crippen LogP contribution in [0.4, 0.5) is 11.4 Å². The molecule has 0 aliphatic rings. The van der Waals surface area contributed by atoms with Gasteiger partial charge in [0.2, 0.25) is 5.91 Å². The molecule has 0 bridgehead atoms. The van der Waals surface area contributed by atoms with Gasteiger partial charge in [0.15, 0.2) is 0 Å². The number of hydrogen-bond acceptors (Lipinski definition) is 4. The molecular weight excluding hydrogens is 252 g/mol. The van der Waals surface area contributed by atoms with Gasteiger partial charge in [0.1, 0.15) is 0 Å². The number of pyridine rings is 1. The third kappa shape index (κ3) is 3.06. The van der Waals surface area contributed by atoms with Crippen molar-refractivity contribution in [1.82, 2.24) is 4.98 Å². The van der Waals surface area contributed by atoms with Crippen LogP contribution in [0.2, 0.25) is 0 Å². The van der Waals surface area contributed by atoms with Crippen molar-refractivity contribution >= 4 is 17.3 Å². The van der Waals surface area contributed by atoms with E-state index in [-0.39, 0.29) is 0 Å². The van der Waals surface area contributed by atoms with Crippen molar-refractivity contribution in [2.45, 2.75) is 13.5 Å². The van der Waals surface area contributed by atoms with Crippen LogP contribution < -0.4 is 16.4 Å². The molecule has 4 N–H and O–H groups in total. The van der Waals surface area contributed by atoms with Crippen LogP contribution in [0, 0.1) is 0 Å². The minimum atomic E-state index is -0.472. The minimum Gasteiger partial charge on any atom is -0.397 e. The number of hydrogen-bond donors (Lipinski definition) is 2. The van der Waals surface area contributed by atoms with Crippen molar-refractivity contribution in [2.75, 3.05) is 17.2 Å². The molecule has 1 heterocycles. The first-order valence-electron chi connectivity index (χ1n) is 6.45. The molecule has 0 radical (unpaired) electrons. The Labute approximate surface area is 118 Å². The number of amides is 1. The van der Waals surface area contributed by atoms with Gasteiger partial charge in [-0.2, -0.15) is 0 Å². The first kappa shape index (κ1) is 13.9. The summed E-state index contributed by atoms with van der Waals surface area (Å²) in [6, 6.07) is 9.09. The normalized spacial score (nSPS) is 10.2. The van der Waals surface area contributed by atoms with E-state index in [1.54, 1.807) is 24.5 Å². The molecule has 0 unspecified atom stereocenters. The molecule has 2 rings (SSSR count). The van der Waals surface area contributed by atoms with Crippen LogP contribution in [0.3, 0.4) is 0 Å². The summed E-state index contributed by atoms with van der Waals surface area (Å²) in [5.41, 5.74) is 14.3. The summed E-state index contributed by atoms with van der Waals surface area (Å²) >= 11 is 0. The fraction of sp³-hybridized carbons (Fsp3) is 0.200. The molecule has 0 aliphatic carbocycles. The zero-order chi connectivity index (χ0) is 14.5. The number of rotatable bonds is 5. The molecule has 0 aliphatic heterocycles. The van der Waals surface area contributed by atoms with E-state index in [4.69, 9.17) is 11.5 Å². The number of primary amides is 1. The number of benzene rings is 1. The molecule has 0 spiro atoms. The fourth-order valence-corrected chi connectivity index (χ4v) is 2.07. The molecule has 0 atom stereocenters. The summed E-state index contributed by atoms with van der Waals surface area (Å²) in [5.74, 6) is -0.472. The molecule has 5 heteroatoms. The van der Waals surface area contributed by atoms with Crippen molar-refractivity contribution in [2.24, 2.45) is 5.73 Å². The van der Waals surface area contributed by atoms with E-state index in [9.17, 15) is 4.79 Å². The Morgan fingerprint density at radius 1 is 1.25 bits per heavy atom. The molecule has 20 heavy (non-hydrogen) atoms. The maximum atomic E-state index is 11.1. The van der Waals surface area contributed by atoms with Gasteiger partial charge in [-0.15, -0.1) is 0 Å². The van der Waals surface area contributed by atoms with Crippen molar-refractivity contribution in [3.63, 3.8) is 0 Å². The molecule has 2 aromatic rings. The Hall–Kier alpha value is -2.56. The number of nitrogens with zero attached hydrogens (tertiary/aromatic N) is 2. The quantitative estimate of drug-likeness (QED) is 0.811. The summed E-state index contributed by atoms with van der Waals surface area (Å²) in [4.78, 5) is 17.3. The van der Waals surface area contributed by atoms with Gasteiger partial charge in [0, 0.05) is 31.0 Å². The molecule has 0 saturated carbocycles.